The monoisotopic (exact) mass is 645 g/mol. The van der Waals surface area contributed by atoms with E-state index in [0.29, 0.717) is 44.8 Å². The third kappa shape index (κ3) is 6.49. The Bertz CT molecular complexity index is 1660. The Morgan fingerprint density at radius 1 is 1.11 bits per heavy atom. The molecule has 46 heavy (non-hydrogen) atoms. The maximum atomic E-state index is 12.8. The van der Waals surface area contributed by atoms with E-state index in [-0.39, 0.29) is 24.0 Å². The predicted molar refractivity (Wildman–Crippen MR) is 180 cm³/mol. The number of rotatable bonds is 8. The molecule has 9 nitrogen and oxygen atoms in total. The normalized spacial score (nSPS) is 20.5. The van der Waals surface area contributed by atoms with E-state index in [1.165, 1.54) is 12.2 Å². The van der Waals surface area contributed by atoms with Crippen molar-refractivity contribution in [3.63, 3.8) is 0 Å². The second kappa shape index (κ2) is 13.4. The molecule has 2 atom stereocenters. The fourth-order valence-electron chi connectivity index (χ4n) is 6.97. The van der Waals surface area contributed by atoms with E-state index in [0.717, 1.165) is 64.5 Å². The SMILES string of the molecule is [C-]#[N+]C[C@H]1CN(c2nc(OCC3CCN3C(C)(C)C)nc3c2CCN(c2cccc4cccc(Cl)c24)C3)CCN1C(=O)/C=C/CF. The molecule has 4 heterocycles. The van der Waals surface area contributed by atoms with Crippen LogP contribution >= 0.6 is 11.6 Å². The number of likely N-dealkylation sites (tertiary alicyclic amines) is 1. The molecule has 0 saturated carbocycles. The smallest absolute Gasteiger partial charge is 0.318 e. The highest BCUT2D eigenvalue weighted by atomic mass is 35.5. The molecule has 2 saturated heterocycles. The van der Waals surface area contributed by atoms with Crippen LogP contribution in [0, 0.1) is 6.57 Å². The van der Waals surface area contributed by atoms with Crippen molar-refractivity contribution in [1.82, 2.24) is 19.8 Å². The quantitative estimate of drug-likeness (QED) is 0.235. The summed E-state index contributed by atoms with van der Waals surface area (Å²) in [6, 6.07) is 12.5. The minimum atomic E-state index is -0.703. The summed E-state index contributed by atoms with van der Waals surface area (Å²) in [4.78, 5) is 35.0. The van der Waals surface area contributed by atoms with E-state index in [1.807, 2.05) is 12.1 Å². The molecule has 6 rings (SSSR count). The number of carbonyl (C=O) groups excluding carboxylic acids is 1. The van der Waals surface area contributed by atoms with Gasteiger partial charge in [0.25, 0.3) is 0 Å². The predicted octanol–water partition coefficient (Wildman–Crippen LogP) is 5.56. The van der Waals surface area contributed by atoms with Crippen molar-refractivity contribution in [1.29, 1.82) is 0 Å². The number of alkyl halides is 1. The summed E-state index contributed by atoms with van der Waals surface area (Å²) in [7, 11) is 0. The molecular weight excluding hydrogens is 605 g/mol. The highest BCUT2D eigenvalue weighted by Crippen LogP contribution is 2.37. The number of benzene rings is 2. The molecule has 3 aliphatic rings. The number of allylic oxidation sites excluding steroid dienone is 1. The summed E-state index contributed by atoms with van der Waals surface area (Å²) in [5, 5.41) is 2.83. The molecule has 3 aromatic rings. The van der Waals surface area contributed by atoms with Gasteiger partial charge in [-0.15, -0.1) is 0 Å². The Morgan fingerprint density at radius 2 is 1.91 bits per heavy atom. The summed E-state index contributed by atoms with van der Waals surface area (Å²) in [6.07, 6.45) is 4.26. The highest BCUT2D eigenvalue weighted by molar-refractivity contribution is 6.36. The molecule has 1 aromatic heterocycles. The lowest BCUT2D eigenvalue weighted by Gasteiger charge is -2.49. The fraction of sp³-hybridized carbons (Fsp3) is 0.486. The topological polar surface area (TPSA) is 69.4 Å². The molecule has 11 heteroatoms. The number of carbonyl (C=O) groups is 1. The number of hydrogen-bond acceptors (Lipinski definition) is 7. The number of hydrogen-bond donors (Lipinski definition) is 0. The molecule has 0 radical (unpaired) electrons. The molecule has 2 aromatic carbocycles. The first kappa shape index (κ1) is 32.0. The fourth-order valence-corrected chi connectivity index (χ4v) is 7.25. The molecule has 0 N–H and O–H groups in total. The van der Waals surface area contributed by atoms with Gasteiger partial charge in [0.05, 0.1) is 17.3 Å². The van der Waals surface area contributed by atoms with Gasteiger partial charge in [0, 0.05) is 67.0 Å². The Labute approximate surface area is 275 Å². The van der Waals surface area contributed by atoms with E-state index >= 15 is 0 Å². The van der Waals surface area contributed by atoms with Crippen molar-refractivity contribution in [2.75, 3.05) is 62.3 Å². The first-order valence-electron chi connectivity index (χ1n) is 16.0. The first-order valence-corrected chi connectivity index (χ1v) is 16.4. The van der Waals surface area contributed by atoms with Gasteiger partial charge < -0.3 is 24.3 Å². The van der Waals surface area contributed by atoms with Gasteiger partial charge in [-0.25, -0.2) is 11.0 Å². The van der Waals surface area contributed by atoms with Gasteiger partial charge in [-0.2, -0.15) is 9.97 Å². The lowest BCUT2D eigenvalue weighted by atomic mass is 9.94. The lowest BCUT2D eigenvalue weighted by molar-refractivity contribution is -0.128. The molecule has 0 spiro atoms. The van der Waals surface area contributed by atoms with E-state index < -0.39 is 6.67 Å². The molecule has 242 valence electrons. The van der Waals surface area contributed by atoms with Crippen LogP contribution in [0.15, 0.2) is 48.6 Å². The van der Waals surface area contributed by atoms with Crippen LogP contribution in [-0.2, 0) is 17.8 Å². The first-order chi connectivity index (χ1) is 22.2. The molecule has 2 fully saturated rings. The lowest BCUT2D eigenvalue weighted by Crippen LogP contribution is -2.59. The number of fused-ring (bicyclic) bond motifs is 2. The summed E-state index contributed by atoms with van der Waals surface area (Å²) in [5.41, 5.74) is 3.09. The Morgan fingerprint density at radius 3 is 2.63 bits per heavy atom. The van der Waals surface area contributed by atoms with Crippen LogP contribution in [-0.4, -0.2) is 95.8 Å². The highest BCUT2D eigenvalue weighted by Gasteiger charge is 2.38. The van der Waals surface area contributed by atoms with E-state index in [4.69, 9.17) is 32.9 Å². The summed E-state index contributed by atoms with van der Waals surface area (Å²) in [5.74, 6) is 0.534. The molecular formula is C35H41ClFN7O2. The molecule has 0 bridgehead atoms. The van der Waals surface area contributed by atoms with Crippen LogP contribution in [0.5, 0.6) is 6.01 Å². The largest absolute Gasteiger partial charge is 0.462 e. The van der Waals surface area contributed by atoms with Gasteiger partial charge in [0.1, 0.15) is 25.1 Å². The Kier molecular flexibility index (Phi) is 9.34. The number of nitrogens with zero attached hydrogens (tertiary/aromatic N) is 7. The van der Waals surface area contributed by atoms with Gasteiger partial charge in [-0.1, -0.05) is 35.9 Å². The van der Waals surface area contributed by atoms with Gasteiger partial charge in [-0.3, -0.25) is 9.69 Å². The van der Waals surface area contributed by atoms with Gasteiger partial charge in [0.15, 0.2) is 0 Å². The molecule has 1 unspecified atom stereocenters. The number of anilines is 2. The summed E-state index contributed by atoms with van der Waals surface area (Å²) < 4.78 is 19.1. The van der Waals surface area contributed by atoms with Crippen LogP contribution in [0.3, 0.4) is 0 Å². The van der Waals surface area contributed by atoms with Crippen molar-refractivity contribution in [2.45, 2.75) is 57.8 Å². The number of amides is 1. The van der Waals surface area contributed by atoms with Crippen LogP contribution in [0.2, 0.25) is 5.02 Å². The minimum absolute atomic E-state index is 0.0583. The van der Waals surface area contributed by atoms with Gasteiger partial charge >= 0.3 is 6.01 Å². The van der Waals surface area contributed by atoms with Crippen molar-refractivity contribution in [3.05, 3.63) is 76.2 Å². The molecule has 0 aliphatic carbocycles. The van der Waals surface area contributed by atoms with Gasteiger partial charge in [-0.05, 0) is 57.2 Å². The number of ether oxygens (including phenoxy) is 1. The number of aromatic nitrogens is 2. The minimum Gasteiger partial charge on any atom is -0.462 e. The average molecular weight is 646 g/mol. The average Bonchev–Trinajstić information content (AvgIpc) is 3.01. The third-order valence-electron chi connectivity index (χ3n) is 9.32. The number of piperazine rings is 1. The van der Waals surface area contributed by atoms with Crippen LogP contribution in [0.1, 0.15) is 38.4 Å². The van der Waals surface area contributed by atoms with E-state index in [2.05, 4.69) is 64.6 Å². The second-order valence-corrected chi connectivity index (χ2v) is 13.6. The Balaban J connectivity index is 1.32. The van der Waals surface area contributed by atoms with E-state index in [1.54, 1.807) is 4.90 Å². The standard InChI is InChI=1S/C35H41ClFN7O2/c1-35(2,3)44-17-13-25(44)23-46-34-39-29-22-41(30-11-6-9-24-8-5-10-28(36)32(24)30)16-14-27(29)33(40-34)42-18-19-43(26(21-42)20-38-4)31(45)12-7-15-37/h5-12,25-26H,13-23H2,1-3H3/b12-7+/t25?,26-/m0/s1. The van der Waals surface area contributed by atoms with Crippen LogP contribution in [0.25, 0.3) is 15.6 Å². The summed E-state index contributed by atoms with van der Waals surface area (Å²) >= 11 is 6.71. The van der Waals surface area contributed by atoms with Gasteiger partial charge in [0.2, 0.25) is 12.5 Å². The van der Waals surface area contributed by atoms with Crippen molar-refractivity contribution in [2.24, 2.45) is 0 Å². The third-order valence-corrected chi connectivity index (χ3v) is 9.64. The van der Waals surface area contributed by atoms with Crippen LogP contribution in [0.4, 0.5) is 15.9 Å². The summed E-state index contributed by atoms with van der Waals surface area (Å²) in [6.45, 7) is 17.9. The zero-order valence-electron chi connectivity index (χ0n) is 26.8. The van der Waals surface area contributed by atoms with Crippen molar-refractivity contribution >= 4 is 39.8 Å². The van der Waals surface area contributed by atoms with E-state index in [9.17, 15) is 9.18 Å². The van der Waals surface area contributed by atoms with Crippen LogP contribution < -0.4 is 14.5 Å². The van der Waals surface area contributed by atoms with Crippen molar-refractivity contribution < 1.29 is 13.9 Å². The zero-order chi connectivity index (χ0) is 32.4. The zero-order valence-corrected chi connectivity index (χ0v) is 27.5. The molecule has 3 aliphatic heterocycles. The second-order valence-electron chi connectivity index (χ2n) is 13.2. The Hall–Kier alpha value is -3.94. The molecule has 1 amide bonds. The maximum absolute atomic E-state index is 12.8. The number of halogens is 2. The van der Waals surface area contributed by atoms with Crippen molar-refractivity contribution in [3.8, 4) is 6.01 Å². The maximum Gasteiger partial charge on any atom is 0.318 e.